The second kappa shape index (κ2) is 11.4. The van der Waals surface area contributed by atoms with Crippen LogP contribution in [-0.2, 0) is 6.42 Å². The highest BCUT2D eigenvalue weighted by Crippen LogP contribution is 2.45. The van der Waals surface area contributed by atoms with Crippen LogP contribution in [0.2, 0.25) is 0 Å². The topological polar surface area (TPSA) is 57.4 Å². The van der Waals surface area contributed by atoms with E-state index >= 15 is 0 Å². The fourth-order valence-corrected chi connectivity index (χ4v) is 8.13. The van der Waals surface area contributed by atoms with E-state index in [0.29, 0.717) is 11.5 Å². The van der Waals surface area contributed by atoms with Crippen LogP contribution in [0.1, 0.15) is 40.8 Å². The average Bonchev–Trinajstić information content (AvgIpc) is 3.66. The van der Waals surface area contributed by atoms with Crippen molar-refractivity contribution in [3.05, 3.63) is 168 Å². The van der Waals surface area contributed by atoms with Crippen molar-refractivity contribution >= 4 is 44.4 Å². The maximum absolute atomic E-state index is 10.5. The molecule has 49 heavy (non-hydrogen) atoms. The molecule has 2 aliphatic carbocycles. The van der Waals surface area contributed by atoms with Gasteiger partial charge >= 0.3 is 0 Å². The molecule has 0 bridgehead atoms. The SMILES string of the molecule is CC1C=Cc2c(n(-c3ccc(C4C(c5ccc(C#N)cc5-n5c6ccccc6c6ccccc65)=CC=CC4C#N)cc3)c3ccccc23)C1. The highest BCUT2D eigenvalue weighted by atomic mass is 15.0. The second-order valence-corrected chi connectivity index (χ2v) is 13.2. The molecule has 2 heterocycles. The third-order valence-corrected chi connectivity index (χ3v) is 10.3. The normalized spacial score (nSPS) is 18.3. The Balaban J connectivity index is 1.21. The Morgan fingerprint density at radius 2 is 1.35 bits per heavy atom. The summed E-state index contributed by atoms with van der Waals surface area (Å²) >= 11 is 0. The molecule has 0 aliphatic heterocycles. The van der Waals surface area contributed by atoms with E-state index < -0.39 is 0 Å². The molecule has 9 rings (SSSR count). The lowest BCUT2D eigenvalue weighted by atomic mass is 9.75. The molecule has 0 radical (unpaired) electrons. The van der Waals surface area contributed by atoms with Gasteiger partial charge in [0.25, 0.3) is 0 Å². The van der Waals surface area contributed by atoms with Crippen LogP contribution in [-0.4, -0.2) is 9.13 Å². The average molecular weight is 629 g/mol. The number of rotatable bonds is 4. The Bertz CT molecular complexity index is 2570. The van der Waals surface area contributed by atoms with Crippen LogP contribution in [0.15, 0.2) is 140 Å². The third-order valence-electron chi connectivity index (χ3n) is 10.3. The molecule has 0 spiro atoms. The fraction of sp³-hybridized carbons (Fsp3) is 0.111. The highest BCUT2D eigenvalue weighted by molar-refractivity contribution is 6.09. The van der Waals surface area contributed by atoms with E-state index in [2.05, 4.69) is 150 Å². The van der Waals surface area contributed by atoms with Gasteiger partial charge in [-0.25, -0.2) is 0 Å². The second-order valence-electron chi connectivity index (χ2n) is 13.2. The van der Waals surface area contributed by atoms with Gasteiger partial charge in [0.05, 0.1) is 45.9 Å². The first-order valence-electron chi connectivity index (χ1n) is 16.9. The van der Waals surface area contributed by atoms with Crippen molar-refractivity contribution in [1.82, 2.24) is 9.13 Å². The van der Waals surface area contributed by atoms with E-state index in [1.54, 1.807) is 0 Å². The molecule has 4 heteroatoms. The van der Waals surface area contributed by atoms with Crippen LogP contribution in [0.3, 0.4) is 0 Å². The number of nitrogens with zero attached hydrogens (tertiary/aromatic N) is 4. The zero-order chi connectivity index (χ0) is 33.1. The van der Waals surface area contributed by atoms with Crippen molar-refractivity contribution in [3.63, 3.8) is 0 Å². The Morgan fingerprint density at radius 3 is 2.02 bits per heavy atom. The Morgan fingerprint density at radius 1 is 0.694 bits per heavy atom. The minimum absolute atomic E-state index is 0.192. The van der Waals surface area contributed by atoms with Crippen LogP contribution in [0, 0.1) is 34.5 Å². The first-order valence-corrected chi connectivity index (χ1v) is 16.9. The lowest BCUT2D eigenvalue weighted by Gasteiger charge is -2.28. The molecule has 232 valence electrons. The summed E-state index contributed by atoms with van der Waals surface area (Å²) in [5.41, 5.74) is 11.8. The summed E-state index contributed by atoms with van der Waals surface area (Å²) in [5, 5.41) is 24.1. The first kappa shape index (κ1) is 28.8. The van der Waals surface area contributed by atoms with E-state index in [4.69, 9.17) is 0 Å². The number of allylic oxidation sites excluding steroid dienone is 5. The summed E-state index contributed by atoms with van der Waals surface area (Å²) in [6.07, 6.45) is 11.7. The number of hydrogen-bond donors (Lipinski definition) is 0. The van der Waals surface area contributed by atoms with Crippen molar-refractivity contribution in [2.75, 3.05) is 0 Å². The number of benzene rings is 5. The standard InChI is InChI=1S/C45H32N4/c1-29-17-23-37-36-12-2-5-14-40(36)48(43(37)25-29)33-21-19-31(20-22-33)45-32(28-47)9-8-13-39(45)38-24-18-30(27-46)26-44(38)49-41-15-6-3-10-34(41)35-11-4-7-16-42(35)49/h2-24,26,29,32,45H,25H2,1H3. The number of para-hydroxylation sites is 3. The zero-order valence-electron chi connectivity index (χ0n) is 27.1. The maximum Gasteiger partial charge on any atom is 0.0992 e. The van der Waals surface area contributed by atoms with E-state index in [-0.39, 0.29) is 11.8 Å². The molecule has 2 aromatic heterocycles. The van der Waals surface area contributed by atoms with Crippen molar-refractivity contribution in [3.8, 4) is 23.5 Å². The summed E-state index contributed by atoms with van der Waals surface area (Å²) in [5.74, 6) is -0.0650. The van der Waals surface area contributed by atoms with Crippen LogP contribution in [0.5, 0.6) is 0 Å². The number of aromatic nitrogens is 2. The quantitative estimate of drug-likeness (QED) is 0.195. The lowest BCUT2D eigenvalue weighted by molar-refractivity contribution is 0.690. The monoisotopic (exact) mass is 628 g/mol. The van der Waals surface area contributed by atoms with E-state index in [9.17, 15) is 10.5 Å². The summed E-state index contributed by atoms with van der Waals surface area (Å²) in [7, 11) is 0. The summed E-state index contributed by atoms with van der Waals surface area (Å²) in [4.78, 5) is 0. The summed E-state index contributed by atoms with van der Waals surface area (Å²) < 4.78 is 4.69. The van der Waals surface area contributed by atoms with Crippen LogP contribution in [0.25, 0.3) is 55.7 Å². The van der Waals surface area contributed by atoms with Gasteiger partial charge in [0.2, 0.25) is 0 Å². The van der Waals surface area contributed by atoms with Crippen molar-refractivity contribution in [2.45, 2.75) is 19.3 Å². The van der Waals surface area contributed by atoms with Crippen molar-refractivity contribution in [1.29, 1.82) is 10.5 Å². The molecular weight excluding hydrogens is 597 g/mol. The lowest BCUT2D eigenvalue weighted by Crippen LogP contribution is -2.16. The summed E-state index contributed by atoms with van der Waals surface area (Å²) in [6.45, 7) is 2.27. The van der Waals surface area contributed by atoms with Gasteiger partial charge < -0.3 is 9.13 Å². The Labute approximate surface area is 285 Å². The van der Waals surface area contributed by atoms with Gasteiger partial charge in [0.1, 0.15) is 0 Å². The molecule has 2 aliphatic rings. The molecule has 0 amide bonds. The minimum atomic E-state index is -0.348. The molecule has 0 saturated carbocycles. The molecular formula is C45H32N4. The van der Waals surface area contributed by atoms with Gasteiger partial charge in [-0.2, -0.15) is 10.5 Å². The molecule has 0 N–H and O–H groups in total. The largest absolute Gasteiger partial charge is 0.313 e. The Hall–Kier alpha value is -6.36. The van der Waals surface area contributed by atoms with Crippen molar-refractivity contribution in [2.24, 2.45) is 11.8 Å². The Kier molecular flexibility index (Phi) is 6.71. The molecule has 3 atom stereocenters. The maximum atomic E-state index is 10.5. The number of nitriles is 2. The number of fused-ring (bicyclic) bond motifs is 6. The molecule has 0 saturated heterocycles. The van der Waals surface area contributed by atoms with Gasteiger partial charge in [-0.05, 0) is 65.9 Å². The van der Waals surface area contributed by atoms with E-state index in [1.807, 2.05) is 24.3 Å². The predicted molar refractivity (Wildman–Crippen MR) is 200 cm³/mol. The molecule has 4 nitrogen and oxygen atoms in total. The van der Waals surface area contributed by atoms with Gasteiger partial charge in [0, 0.05) is 44.6 Å². The zero-order valence-corrected chi connectivity index (χ0v) is 27.1. The predicted octanol–water partition coefficient (Wildman–Crippen LogP) is 10.7. The van der Waals surface area contributed by atoms with Crippen molar-refractivity contribution < 1.29 is 0 Å². The third kappa shape index (κ3) is 4.50. The van der Waals surface area contributed by atoms with E-state index in [0.717, 1.165) is 56.3 Å². The first-order chi connectivity index (χ1) is 24.1. The molecule has 3 unspecified atom stereocenters. The minimum Gasteiger partial charge on any atom is -0.313 e. The molecule has 5 aromatic carbocycles. The van der Waals surface area contributed by atoms with Crippen LogP contribution in [0.4, 0.5) is 0 Å². The van der Waals surface area contributed by atoms with Gasteiger partial charge in [0.15, 0.2) is 0 Å². The van der Waals surface area contributed by atoms with E-state index in [1.165, 1.54) is 22.2 Å². The van der Waals surface area contributed by atoms with Crippen LogP contribution >= 0.6 is 0 Å². The molecule has 0 fully saturated rings. The van der Waals surface area contributed by atoms with Gasteiger partial charge in [-0.15, -0.1) is 0 Å². The van der Waals surface area contributed by atoms with Crippen LogP contribution < -0.4 is 0 Å². The van der Waals surface area contributed by atoms with Gasteiger partial charge in [-0.1, -0.05) is 110 Å². The smallest absolute Gasteiger partial charge is 0.0992 e. The number of hydrogen-bond acceptors (Lipinski definition) is 2. The molecule has 7 aromatic rings. The van der Waals surface area contributed by atoms with Gasteiger partial charge in [-0.3, -0.25) is 0 Å². The fourth-order valence-electron chi connectivity index (χ4n) is 8.13. The highest BCUT2D eigenvalue weighted by Gasteiger charge is 2.30. The summed E-state index contributed by atoms with van der Waals surface area (Å²) in [6, 6.07) is 45.2.